The number of allylic oxidation sites excluding steroid dienone is 20. The normalized spacial score (nSPS) is 14.5. The van der Waals surface area contributed by atoms with Gasteiger partial charge in [0.2, 0.25) is 0 Å². The van der Waals surface area contributed by atoms with Crippen molar-refractivity contribution in [2.75, 3.05) is 39.6 Å². The topological polar surface area (TPSA) is 237 Å². The lowest BCUT2D eigenvalue weighted by Crippen LogP contribution is -2.30. The van der Waals surface area contributed by atoms with Crippen molar-refractivity contribution in [3.05, 3.63) is 122 Å². The maximum Gasteiger partial charge on any atom is 0.472 e. The summed E-state index contributed by atoms with van der Waals surface area (Å²) < 4.78 is 68.5. The number of aliphatic hydroxyl groups is 1. The van der Waals surface area contributed by atoms with E-state index < -0.39 is 97.5 Å². The Morgan fingerprint density at radius 3 is 0.843 bits per heavy atom. The van der Waals surface area contributed by atoms with E-state index in [1.807, 2.05) is 12.2 Å². The van der Waals surface area contributed by atoms with Gasteiger partial charge in [-0.15, -0.1) is 0 Å². The van der Waals surface area contributed by atoms with Gasteiger partial charge in [0.15, 0.2) is 12.2 Å². The minimum atomic E-state index is -5.00. The molecule has 0 aromatic carbocycles. The number of carbonyl (C=O) groups is 4. The summed E-state index contributed by atoms with van der Waals surface area (Å²) in [6.07, 6.45) is 81.9. The average molecular weight is 1470 g/mol. The molecule has 5 atom stereocenters. The fourth-order valence-corrected chi connectivity index (χ4v) is 11.9. The van der Waals surface area contributed by atoms with Crippen LogP contribution in [0.2, 0.25) is 0 Å². The fraction of sp³-hybridized carbons (Fsp3) is 0.711. The van der Waals surface area contributed by atoms with Crippen LogP contribution in [-0.4, -0.2) is 96.7 Å². The van der Waals surface area contributed by atoms with Crippen LogP contribution in [0.5, 0.6) is 0 Å². The Labute approximate surface area is 619 Å². The predicted octanol–water partition coefficient (Wildman–Crippen LogP) is 23.1. The Morgan fingerprint density at radius 2 is 0.520 bits per heavy atom. The maximum absolute atomic E-state index is 13.1. The molecule has 0 spiro atoms. The third-order valence-electron chi connectivity index (χ3n) is 16.4. The van der Waals surface area contributed by atoms with Crippen molar-refractivity contribution in [2.45, 2.75) is 341 Å². The molecule has 19 heteroatoms. The number of hydrogen-bond acceptors (Lipinski definition) is 15. The van der Waals surface area contributed by atoms with E-state index in [1.54, 1.807) is 0 Å². The number of unbranched alkanes of at least 4 members (excludes halogenated alkanes) is 28. The second-order valence-corrected chi connectivity index (χ2v) is 29.2. The molecule has 586 valence electrons. The molecule has 0 aromatic heterocycles. The summed E-state index contributed by atoms with van der Waals surface area (Å²) in [5.74, 6) is -2.26. The third-order valence-corrected chi connectivity index (χ3v) is 18.3. The quantitative estimate of drug-likeness (QED) is 0.0169. The van der Waals surface area contributed by atoms with Crippen LogP contribution in [0, 0.1) is 0 Å². The third kappa shape index (κ3) is 73.8. The van der Waals surface area contributed by atoms with Crippen LogP contribution in [0.1, 0.15) is 323 Å². The van der Waals surface area contributed by atoms with Crippen molar-refractivity contribution >= 4 is 39.5 Å². The highest BCUT2D eigenvalue weighted by Crippen LogP contribution is 2.45. The smallest absolute Gasteiger partial charge is 0.462 e. The zero-order valence-corrected chi connectivity index (χ0v) is 65.8. The van der Waals surface area contributed by atoms with Crippen molar-refractivity contribution in [3.63, 3.8) is 0 Å². The van der Waals surface area contributed by atoms with Crippen molar-refractivity contribution in [1.82, 2.24) is 0 Å². The first-order valence-electron chi connectivity index (χ1n) is 39.8. The second kappa shape index (κ2) is 74.7. The minimum Gasteiger partial charge on any atom is -0.462 e. The average Bonchev–Trinajstić information content (AvgIpc) is 0.927. The summed E-state index contributed by atoms with van der Waals surface area (Å²) in [6, 6.07) is 0. The second-order valence-electron chi connectivity index (χ2n) is 26.3. The molecule has 0 saturated heterocycles. The van der Waals surface area contributed by atoms with Crippen molar-refractivity contribution in [3.8, 4) is 0 Å². The van der Waals surface area contributed by atoms with E-state index >= 15 is 0 Å². The summed E-state index contributed by atoms with van der Waals surface area (Å²) in [5.41, 5.74) is 0. The highest BCUT2D eigenvalue weighted by molar-refractivity contribution is 7.47. The summed E-state index contributed by atoms with van der Waals surface area (Å²) in [7, 11) is -9.98. The van der Waals surface area contributed by atoms with E-state index in [-0.39, 0.29) is 25.7 Å². The molecular weight excluding hydrogens is 1330 g/mol. The van der Waals surface area contributed by atoms with Crippen LogP contribution in [0.4, 0.5) is 0 Å². The largest absolute Gasteiger partial charge is 0.472 e. The summed E-state index contributed by atoms with van der Waals surface area (Å²) in [4.78, 5) is 72.9. The molecule has 102 heavy (non-hydrogen) atoms. The first-order valence-corrected chi connectivity index (χ1v) is 42.8. The van der Waals surface area contributed by atoms with E-state index in [9.17, 15) is 43.2 Å². The van der Waals surface area contributed by atoms with Crippen molar-refractivity contribution in [2.24, 2.45) is 0 Å². The van der Waals surface area contributed by atoms with Gasteiger partial charge in [-0.3, -0.25) is 37.3 Å². The van der Waals surface area contributed by atoms with Crippen LogP contribution in [-0.2, 0) is 65.4 Å². The molecule has 0 saturated carbocycles. The minimum absolute atomic E-state index is 0.0115. The Kier molecular flexibility index (Phi) is 71.4. The van der Waals surface area contributed by atoms with Gasteiger partial charge in [-0.25, -0.2) is 9.13 Å². The van der Waals surface area contributed by atoms with Gasteiger partial charge in [-0.1, -0.05) is 284 Å². The number of esters is 4. The molecule has 0 aliphatic carbocycles. The van der Waals surface area contributed by atoms with Crippen LogP contribution in [0.3, 0.4) is 0 Å². The summed E-state index contributed by atoms with van der Waals surface area (Å²) in [6.45, 7) is 4.62. The molecule has 0 heterocycles. The molecule has 0 aliphatic heterocycles. The van der Waals surface area contributed by atoms with Gasteiger partial charge in [0.1, 0.15) is 19.3 Å². The first kappa shape index (κ1) is 97.5. The Bertz CT molecular complexity index is 2410. The fourth-order valence-electron chi connectivity index (χ4n) is 10.4. The van der Waals surface area contributed by atoms with Crippen molar-refractivity contribution < 1.29 is 80.2 Å². The van der Waals surface area contributed by atoms with Crippen LogP contribution < -0.4 is 0 Å². The molecule has 0 radical (unpaired) electrons. The molecule has 3 N–H and O–H groups in total. The standard InChI is InChI=1S/C83H142O17P2/c1-5-9-13-17-21-25-29-32-35-37-38-40-42-45-49-52-56-60-64-68-81(86)94-74-79(100-83(88)70-66-62-58-54-50-46-43-39-36-33-30-26-22-18-14-10-6-2)76-98-102(91,92)96-72-77(84)71-95-101(89,90)97-75-78(99-82(87)69-65-61-57-53-47-28-24-20-16-12-8-4)73-93-80(85)67-63-59-55-51-48-44-41-34-31-27-23-19-15-11-7-3/h10,14,21-23,25-27,32-36,38,40-41,43,46,54,58,77-79,84H,5-9,11-13,15-20,24,28-31,37,39,42,44-45,47-53,55-57,59-76H2,1-4H3,(H,89,90)(H,91,92)/b14-10-,25-21-,26-22-,27-23-,35-32-,36-33-,40-38-,41-34-,46-43-,58-54-. The van der Waals surface area contributed by atoms with E-state index in [1.165, 1.54) is 77.0 Å². The highest BCUT2D eigenvalue weighted by atomic mass is 31.2. The molecule has 0 amide bonds. The van der Waals surface area contributed by atoms with Gasteiger partial charge in [0.05, 0.1) is 26.4 Å². The molecular formula is C83H142O17P2. The van der Waals surface area contributed by atoms with E-state index in [0.29, 0.717) is 32.1 Å². The molecule has 5 unspecified atom stereocenters. The van der Waals surface area contributed by atoms with E-state index in [0.717, 1.165) is 161 Å². The van der Waals surface area contributed by atoms with Crippen LogP contribution in [0.25, 0.3) is 0 Å². The van der Waals surface area contributed by atoms with Crippen LogP contribution >= 0.6 is 15.6 Å². The molecule has 0 aliphatic rings. The van der Waals surface area contributed by atoms with Crippen molar-refractivity contribution in [1.29, 1.82) is 0 Å². The lowest BCUT2D eigenvalue weighted by molar-refractivity contribution is -0.161. The summed E-state index contributed by atoms with van der Waals surface area (Å²) >= 11 is 0. The molecule has 0 bridgehead atoms. The number of carbonyl (C=O) groups excluding carboxylic acids is 4. The van der Waals surface area contributed by atoms with Gasteiger partial charge in [0.25, 0.3) is 0 Å². The Balaban J connectivity index is 5.40. The van der Waals surface area contributed by atoms with Gasteiger partial charge in [-0.2, -0.15) is 0 Å². The Morgan fingerprint density at radius 1 is 0.284 bits per heavy atom. The lowest BCUT2D eigenvalue weighted by Gasteiger charge is -2.21. The lowest BCUT2D eigenvalue weighted by atomic mass is 10.1. The number of aliphatic hydroxyl groups excluding tert-OH is 1. The summed E-state index contributed by atoms with van der Waals surface area (Å²) in [5, 5.41) is 10.6. The number of rotatable bonds is 74. The number of phosphoric ester groups is 2. The molecule has 0 fully saturated rings. The molecule has 0 aromatic rings. The number of phosphoric acid groups is 2. The van der Waals surface area contributed by atoms with E-state index in [2.05, 4.69) is 137 Å². The maximum atomic E-state index is 13.1. The van der Waals surface area contributed by atoms with E-state index in [4.69, 9.17) is 37.0 Å². The highest BCUT2D eigenvalue weighted by Gasteiger charge is 2.30. The first-order chi connectivity index (χ1) is 49.7. The number of ether oxygens (including phenoxy) is 4. The van der Waals surface area contributed by atoms with Gasteiger partial charge in [-0.05, 0) is 135 Å². The monoisotopic (exact) mass is 1470 g/mol. The van der Waals surface area contributed by atoms with Crippen LogP contribution in [0.15, 0.2) is 122 Å². The van der Waals surface area contributed by atoms with Gasteiger partial charge >= 0.3 is 39.5 Å². The zero-order chi connectivity index (χ0) is 74.6. The molecule has 0 rings (SSSR count). The number of hydrogen-bond donors (Lipinski definition) is 3. The van der Waals surface area contributed by atoms with Gasteiger partial charge in [0, 0.05) is 25.7 Å². The SMILES string of the molecule is CC/C=C\C/C=C\C/C=C\C/C=C\C/C=C\CCCC(=O)OC(COC(=O)CCCCCCCC/C=C\C/C=C\C/C=C\CCCCC)COP(=O)(O)OCC(O)COP(=O)(O)OCC(COC(=O)CCCCCCC/C=C\C/C=C\CCCCC)OC(=O)CCCCCCCCCCCCC. The van der Waals surface area contributed by atoms with Gasteiger partial charge < -0.3 is 33.8 Å². The predicted molar refractivity (Wildman–Crippen MR) is 418 cm³/mol. The Hall–Kier alpha value is -4.54. The zero-order valence-electron chi connectivity index (χ0n) is 64.0. The molecule has 17 nitrogen and oxygen atoms in total.